The van der Waals surface area contributed by atoms with Gasteiger partial charge in [-0.3, -0.25) is 4.79 Å². The monoisotopic (exact) mass is 241 g/mol. The molecule has 0 aromatic heterocycles. The van der Waals surface area contributed by atoms with Crippen molar-refractivity contribution in [2.45, 2.75) is 32.2 Å². The van der Waals surface area contributed by atoms with Crippen LogP contribution in [0.2, 0.25) is 5.02 Å². The van der Waals surface area contributed by atoms with E-state index >= 15 is 0 Å². The van der Waals surface area contributed by atoms with Gasteiger partial charge in [0.05, 0.1) is 0 Å². The first kappa shape index (κ1) is 13.0. The van der Waals surface area contributed by atoms with Crippen molar-refractivity contribution in [3.05, 3.63) is 34.3 Å². The molecule has 0 fully saturated rings. The lowest BCUT2D eigenvalue weighted by Crippen LogP contribution is -2.20. The maximum absolute atomic E-state index is 10.7. The fourth-order valence-corrected chi connectivity index (χ4v) is 1.87. The topological polar surface area (TPSA) is 63.3 Å². The van der Waals surface area contributed by atoms with E-state index < -0.39 is 12.0 Å². The van der Waals surface area contributed by atoms with Crippen LogP contribution in [0.3, 0.4) is 0 Å². The van der Waals surface area contributed by atoms with E-state index in [-0.39, 0.29) is 0 Å². The summed E-state index contributed by atoms with van der Waals surface area (Å²) < 4.78 is 0. The molecule has 1 rings (SSSR count). The number of carboxylic acid groups (broad SMARTS) is 1. The molecule has 0 bridgehead atoms. The summed E-state index contributed by atoms with van der Waals surface area (Å²) in [5.41, 5.74) is 7.07. The Bertz CT molecular complexity index is 393. The second kappa shape index (κ2) is 5.32. The highest BCUT2D eigenvalue weighted by atomic mass is 35.5. The van der Waals surface area contributed by atoms with E-state index in [2.05, 4.69) is 13.8 Å². The number of hydrogen-bond donors (Lipinski definition) is 2. The molecule has 2 unspecified atom stereocenters. The van der Waals surface area contributed by atoms with Gasteiger partial charge in [0.25, 0.3) is 0 Å². The number of aliphatic carboxylic acids is 1. The van der Waals surface area contributed by atoms with Crippen LogP contribution in [0.4, 0.5) is 0 Å². The molecular formula is C12H16ClNO2. The summed E-state index contributed by atoms with van der Waals surface area (Å²) in [7, 11) is 0. The molecule has 0 aliphatic carbocycles. The zero-order valence-electron chi connectivity index (χ0n) is 9.40. The molecule has 0 amide bonds. The van der Waals surface area contributed by atoms with E-state index in [1.54, 1.807) is 12.1 Å². The predicted octanol–water partition coefficient (Wildman–Crippen LogP) is 2.94. The van der Waals surface area contributed by atoms with Gasteiger partial charge in [-0.2, -0.15) is 0 Å². The van der Waals surface area contributed by atoms with Gasteiger partial charge in [-0.1, -0.05) is 37.6 Å². The Balaban J connectivity index is 3.04. The predicted molar refractivity (Wildman–Crippen MR) is 64.7 cm³/mol. The van der Waals surface area contributed by atoms with E-state index in [1.807, 2.05) is 6.07 Å². The summed E-state index contributed by atoms with van der Waals surface area (Å²) in [6, 6.07) is 4.21. The first-order valence-corrected chi connectivity index (χ1v) is 5.62. The molecule has 3 nitrogen and oxygen atoms in total. The lowest BCUT2D eigenvalue weighted by Gasteiger charge is -2.14. The molecule has 0 aliphatic heterocycles. The van der Waals surface area contributed by atoms with Gasteiger partial charge in [-0.05, 0) is 29.5 Å². The van der Waals surface area contributed by atoms with E-state index in [0.29, 0.717) is 16.5 Å². The number of nitrogens with two attached hydrogens (primary N) is 1. The zero-order valence-corrected chi connectivity index (χ0v) is 10.2. The maximum Gasteiger partial charge on any atom is 0.325 e. The van der Waals surface area contributed by atoms with Gasteiger partial charge in [-0.15, -0.1) is 0 Å². The zero-order chi connectivity index (χ0) is 12.3. The minimum Gasteiger partial charge on any atom is -0.480 e. The summed E-state index contributed by atoms with van der Waals surface area (Å²) in [6.07, 6.45) is 0.990. The van der Waals surface area contributed by atoms with Crippen molar-refractivity contribution in [2.24, 2.45) is 5.73 Å². The van der Waals surface area contributed by atoms with Gasteiger partial charge in [-0.25, -0.2) is 0 Å². The lowest BCUT2D eigenvalue weighted by atomic mass is 9.96. The molecule has 1 aromatic carbocycles. The van der Waals surface area contributed by atoms with E-state index in [0.717, 1.165) is 12.0 Å². The molecular weight excluding hydrogens is 226 g/mol. The number of hydrogen-bond acceptors (Lipinski definition) is 2. The first-order chi connectivity index (χ1) is 7.47. The van der Waals surface area contributed by atoms with Gasteiger partial charge < -0.3 is 10.8 Å². The van der Waals surface area contributed by atoms with Crippen LogP contribution in [-0.2, 0) is 4.79 Å². The highest BCUT2D eigenvalue weighted by Gasteiger charge is 2.16. The SMILES string of the molecule is CCC(C)c1ccc(C(N)C(=O)O)cc1Cl. The van der Waals surface area contributed by atoms with E-state index in [1.165, 1.54) is 0 Å². The number of rotatable bonds is 4. The van der Waals surface area contributed by atoms with Crippen LogP contribution in [0.1, 0.15) is 43.4 Å². The van der Waals surface area contributed by atoms with Crippen molar-refractivity contribution < 1.29 is 9.90 Å². The van der Waals surface area contributed by atoms with Crippen molar-refractivity contribution >= 4 is 17.6 Å². The Morgan fingerprint density at radius 1 is 1.56 bits per heavy atom. The number of carboxylic acids is 1. The highest BCUT2D eigenvalue weighted by molar-refractivity contribution is 6.31. The summed E-state index contributed by atoms with van der Waals surface area (Å²) >= 11 is 6.10. The van der Waals surface area contributed by atoms with Crippen LogP contribution in [0, 0.1) is 0 Å². The van der Waals surface area contributed by atoms with Crippen molar-refractivity contribution in [1.29, 1.82) is 0 Å². The van der Waals surface area contributed by atoms with Crippen LogP contribution in [0.15, 0.2) is 18.2 Å². The third-order valence-corrected chi connectivity index (χ3v) is 3.12. The fraction of sp³-hybridized carbons (Fsp3) is 0.417. The average Bonchev–Trinajstić information content (AvgIpc) is 2.26. The smallest absolute Gasteiger partial charge is 0.325 e. The molecule has 0 saturated carbocycles. The molecule has 0 radical (unpaired) electrons. The Labute approximate surface area is 100 Å². The number of carbonyl (C=O) groups is 1. The van der Waals surface area contributed by atoms with Gasteiger partial charge in [0.2, 0.25) is 0 Å². The largest absolute Gasteiger partial charge is 0.480 e. The number of benzene rings is 1. The summed E-state index contributed by atoms with van der Waals surface area (Å²) in [5, 5.41) is 9.37. The summed E-state index contributed by atoms with van der Waals surface area (Å²) in [6.45, 7) is 4.16. The maximum atomic E-state index is 10.7. The van der Waals surface area contributed by atoms with Gasteiger partial charge in [0.15, 0.2) is 0 Å². The summed E-state index contributed by atoms with van der Waals surface area (Å²) in [4.78, 5) is 10.7. The standard InChI is InChI=1S/C12H16ClNO2/c1-3-7(2)9-5-4-8(6-10(9)13)11(14)12(15)16/h4-7,11H,3,14H2,1-2H3,(H,15,16). The lowest BCUT2D eigenvalue weighted by molar-refractivity contribution is -0.138. The minimum atomic E-state index is -1.05. The molecule has 16 heavy (non-hydrogen) atoms. The average molecular weight is 242 g/mol. The molecule has 3 N–H and O–H groups in total. The van der Waals surface area contributed by atoms with Crippen LogP contribution in [0.25, 0.3) is 0 Å². The normalized spacial score (nSPS) is 14.5. The molecule has 88 valence electrons. The Kier molecular flexibility index (Phi) is 4.33. The minimum absolute atomic E-state index is 0.364. The summed E-state index contributed by atoms with van der Waals surface area (Å²) in [5.74, 6) is -0.685. The molecule has 0 heterocycles. The van der Waals surface area contributed by atoms with Crippen molar-refractivity contribution in [1.82, 2.24) is 0 Å². The van der Waals surface area contributed by atoms with Crippen molar-refractivity contribution in [3.63, 3.8) is 0 Å². The Morgan fingerprint density at radius 3 is 2.62 bits per heavy atom. The van der Waals surface area contributed by atoms with Gasteiger partial charge >= 0.3 is 5.97 Å². The first-order valence-electron chi connectivity index (χ1n) is 5.25. The van der Waals surface area contributed by atoms with Gasteiger partial charge in [0, 0.05) is 5.02 Å². The second-order valence-electron chi connectivity index (χ2n) is 3.91. The van der Waals surface area contributed by atoms with Crippen LogP contribution < -0.4 is 5.73 Å². The van der Waals surface area contributed by atoms with Crippen LogP contribution >= 0.6 is 11.6 Å². The van der Waals surface area contributed by atoms with E-state index in [9.17, 15) is 4.79 Å². The highest BCUT2D eigenvalue weighted by Crippen LogP contribution is 2.28. The third kappa shape index (κ3) is 2.74. The Hall–Kier alpha value is -1.06. The fourth-order valence-electron chi connectivity index (χ4n) is 1.50. The molecule has 0 saturated heterocycles. The van der Waals surface area contributed by atoms with Gasteiger partial charge in [0.1, 0.15) is 6.04 Å². The van der Waals surface area contributed by atoms with E-state index in [4.69, 9.17) is 22.4 Å². The number of halogens is 1. The molecule has 2 atom stereocenters. The van der Waals surface area contributed by atoms with Crippen LogP contribution in [-0.4, -0.2) is 11.1 Å². The molecule has 4 heteroatoms. The van der Waals surface area contributed by atoms with Crippen molar-refractivity contribution in [2.75, 3.05) is 0 Å². The third-order valence-electron chi connectivity index (χ3n) is 2.79. The molecule has 0 spiro atoms. The molecule has 0 aliphatic rings. The second-order valence-corrected chi connectivity index (χ2v) is 4.31. The van der Waals surface area contributed by atoms with Crippen molar-refractivity contribution in [3.8, 4) is 0 Å². The Morgan fingerprint density at radius 2 is 2.19 bits per heavy atom. The quantitative estimate of drug-likeness (QED) is 0.852. The molecule has 1 aromatic rings. The van der Waals surface area contributed by atoms with Crippen LogP contribution in [0.5, 0.6) is 0 Å².